The molecule has 0 aliphatic carbocycles. The Morgan fingerprint density at radius 2 is 2.13 bits per heavy atom. The number of morpholine rings is 1. The van der Waals surface area contributed by atoms with E-state index >= 15 is 0 Å². The maximum Gasteiger partial charge on any atom is 0.0950 e. The van der Waals surface area contributed by atoms with E-state index < -0.39 is 0 Å². The topological polar surface area (TPSA) is 21.3 Å². The Bertz CT molecular complexity index is 304. The predicted octanol–water partition coefficient (Wildman–Crippen LogP) is 2.78. The van der Waals surface area contributed by atoms with Gasteiger partial charge in [-0.1, -0.05) is 30.7 Å². The van der Waals surface area contributed by atoms with E-state index in [1.165, 1.54) is 5.56 Å². The molecule has 1 aliphatic rings. The van der Waals surface area contributed by atoms with E-state index in [0.29, 0.717) is 6.04 Å². The van der Waals surface area contributed by atoms with Gasteiger partial charge in [-0.15, -0.1) is 0 Å². The maximum atomic E-state index is 5.84. The highest BCUT2D eigenvalue weighted by molar-refractivity contribution is 6.30. The third-order valence-electron chi connectivity index (χ3n) is 2.83. The summed E-state index contributed by atoms with van der Waals surface area (Å²) in [6.07, 6.45) is 1.29. The number of nitrogens with one attached hydrogen (secondary N) is 1. The van der Waals surface area contributed by atoms with Gasteiger partial charge in [-0.05, 0) is 24.1 Å². The molecule has 1 fully saturated rings. The second-order valence-electron chi connectivity index (χ2n) is 3.89. The lowest BCUT2D eigenvalue weighted by Crippen LogP contribution is -2.42. The van der Waals surface area contributed by atoms with E-state index in [4.69, 9.17) is 16.3 Å². The van der Waals surface area contributed by atoms with Crippen LogP contribution in [-0.4, -0.2) is 19.2 Å². The number of halogens is 1. The smallest absolute Gasteiger partial charge is 0.0950 e. The van der Waals surface area contributed by atoms with Crippen LogP contribution in [0.25, 0.3) is 0 Å². The van der Waals surface area contributed by atoms with E-state index in [2.05, 4.69) is 12.2 Å². The van der Waals surface area contributed by atoms with E-state index in [1.807, 2.05) is 24.3 Å². The van der Waals surface area contributed by atoms with Crippen LogP contribution in [0.2, 0.25) is 5.02 Å². The largest absolute Gasteiger partial charge is 0.371 e. The first kappa shape index (κ1) is 10.9. The van der Waals surface area contributed by atoms with Gasteiger partial charge in [0.25, 0.3) is 0 Å². The molecule has 0 spiro atoms. The van der Waals surface area contributed by atoms with E-state index in [1.54, 1.807) is 0 Å². The van der Waals surface area contributed by atoms with Gasteiger partial charge in [-0.25, -0.2) is 0 Å². The average molecular weight is 226 g/mol. The van der Waals surface area contributed by atoms with Gasteiger partial charge in [0.1, 0.15) is 0 Å². The van der Waals surface area contributed by atoms with E-state index in [-0.39, 0.29) is 6.10 Å². The van der Waals surface area contributed by atoms with E-state index in [9.17, 15) is 0 Å². The fourth-order valence-electron chi connectivity index (χ4n) is 1.78. The summed E-state index contributed by atoms with van der Waals surface area (Å²) in [5.41, 5.74) is 1.20. The molecule has 2 atom stereocenters. The molecule has 0 radical (unpaired) electrons. The third kappa shape index (κ3) is 2.71. The molecule has 1 N–H and O–H groups in total. The van der Waals surface area contributed by atoms with E-state index in [0.717, 1.165) is 24.6 Å². The fraction of sp³-hybridized carbons (Fsp3) is 0.500. The molecule has 0 aromatic heterocycles. The summed E-state index contributed by atoms with van der Waals surface area (Å²) < 4.78 is 5.80. The van der Waals surface area contributed by atoms with Gasteiger partial charge >= 0.3 is 0 Å². The zero-order chi connectivity index (χ0) is 10.7. The summed E-state index contributed by atoms with van der Waals surface area (Å²) in [7, 11) is 0. The standard InChI is InChI=1S/C12H16ClNO/c1-2-11-8-15-12(7-14-11)9-3-5-10(13)6-4-9/h3-6,11-12,14H,2,7-8H2,1H3. The lowest BCUT2D eigenvalue weighted by Gasteiger charge is -2.30. The molecule has 3 heteroatoms. The number of benzene rings is 1. The van der Waals surface area contributed by atoms with Gasteiger partial charge < -0.3 is 10.1 Å². The van der Waals surface area contributed by atoms with Crippen LogP contribution in [0.3, 0.4) is 0 Å². The first-order chi connectivity index (χ1) is 7.29. The van der Waals surface area contributed by atoms with Crippen LogP contribution >= 0.6 is 11.6 Å². The Morgan fingerprint density at radius 1 is 1.40 bits per heavy atom. The highest BCUT2D eigenvalue weighted by Gasteiger charge is 2.20. The molecule has 2 unspecified atom stereocenters. The fourth-order valence-corrected chi connectivity index (χ4v) is 1.90. The molecule has 15 heavy (non-hydrogen) atoms. The molecule has 1 saturated heterocycles. The van der Waals surface area contributed by atoms with Gasteiger partial charge in [0.2, 0.25) is 0 Å². The van der Waals surface area contributed by atoms with Crippen LogP contribution in [0.4, 0.5) is 0 Å². The number of hydrogen-bond acceptors (Lipinski definition) is 2. The Balaban J connectivity index is 1.98. The van der Waals surface area contributed by atoms with Crippen molar-refractivity contribution in [1.82, 2.24) is 5.32 Å². The molecular formula is C12H16ClNO. The molecule has 1 aliphatic heterocycles. The van der Waals surface area contributed by atoms with Crippen molar-refractivity contribution in [2.45, 2.75) is 25.5 Å². The van der Waals surface area contributed by atoms with Crippen molar-refractivity contribution in [2.75, 3.05) is 13.2 Å². The molecule has 2 nitrogen and oxygen atoms in total. The second kappa shape index (κ2) is 4.97. The van der Waals surface area contributed by atoms with Gasteiger partial charge in [0.15, 0.2) is 0 Å². The van der Waals surface area contributed by atoms with Gasteiger partial charge in [-0.2, -0.15) is 0 Å². The number of rotatable bonds is 2. The molecule has 1 aromatic carbocycles. The monoisotopic (exact) mass is 225 g/mol. The van der Waals surface area contributed by atoms with Crippen molar-refractivity contribution in [3.63, 3.8) is 0 Å². The quantitative estimate of drug-likeness (QED) is 0.836. The number of hydrogen-bond donors (Lipinski definition) is 1. The van der Waals surface area contributed by atoms with Crippen LogP contribution in [0, 0.1) is 0 Å². The molecule has 2 rings (SSSR count). The zero-order valence-corrected chi connectivity index (χ0v) is 9.63. The Kier molecular flexibility index (Phi) is 3.62. The van der Waals surface area contributed by atoms with Crippen LogP contribution in [-0.2, 0) is 4.74 Å². The van der Waals surface area contributed by atoms with Gasteiger partial charge in [0.05, 0.1) is 12.7 Å². The molecule has 82 valence electrons. The SMILES string of the molecule is CCC1COC(c2ccc(Cl)cc2)CN1. The summed E-state index contributed by atoms with van der Waals surface area (Å²) in [5, 5.41) is 4.25. The van der Waals surface area contributed by atoms with Crippen LogP contribution in [0.1, 0.15) is 25.0 Å². The minimum atomic E-state index is 0.171. The van der Waals surface area contributed by atoms with Crippen molar-refractivity contribution in [1.29, 1.82) is 0 Å². The lowest BCUT2D eigenvalue weighted by atomic mass is 10.1. The van der Waals surface area contributed by atoms with Crippen molar-refractivity contribution in [3.05, 3.63) is 34.9 Å². The zero-order valence-electron chi connectivity index (χ0n) is 8.87. The summed E-state index contributed by atoms with van der Waals surface area (Å²) in [6.45, 7) is 3.85. The molecule has 0 saturated carbocycles. The van der Waals surface area contributed by atoms with Crippen LogP contribution in [0.15, 0.2) is 24.3 Å². The second-order valence-corrected chi connectivity index (χ2v) is 4.32. The molecule has 0 amide bonds. The first-order valence-electron chi connectivity index (χ1n) is 5.40. The molecule has 1 heterocycles. The summed E-state index contributed by atoms with van der Waals surface area (Å²) in [4.78, 5) is 0. The van der Waals surface area contributed by atoms with Gasteiger partial charge in [-0.3, -0.25) is 0 Å². The summed E-state index contributed by atoms with van der Waals surface area (Å²) in [6, 6.07) is 8.38. The third-order valence-corrected chi connectivity index (χ3v) is 3.08. The number of ether oxygens (including phenoxy) is 1. The van der Waals surface area contributed by atoms with Gasteiger partial charge in [0, 0.05) is 17.6 Å². The summed E-state index contributed by atoms with van der Waals surface area (Å²) >= 11 is 5.84. The van der Waals surface area contributed by atoms with Crippen LogP contribution < -0.4 is 5.32 Å². The highest BCUT2D eigenvalue weighted by atomic mass is 35.5. The normalized spacial score (nSPS) is 26.5. The van der Waals surface area contributed by atoms with Crippen molar-refractivity contribution in [2.24, 2.45) is 0 Å². The minimum absolute atomic E-state index is 0.171. The average Bonchev–Trinajstić information content (AvgIpc) is 2.30. The molecular weight excluding hydrogens is 210 g/mol. The minimum Gasteiger partial charge on any atom is -0.371 e. The highest BCUT2D eigenvalue weighted by Crippen LogP contribution is 2.22. The molecule has 1 aromatic rings. The maximum absolute atomic E-state index is 5.84. The first-order valence-corrected chi connectivity index (χ1v) is 5.78. The van der Waals surface area contributed by atoms with Crippen molar-refractivity contribution >= 4 is 11.6 Å². The lowest BCUT2D eigenvalue weighted by molar-refractivity contribution is 0.00223. The Hall–Kier alpha value is -0.570. The predicted molar refractivity (Wildman–Crippen MR) is 62.2 cm³/mol. The van der Waals surface area contributed by atoms with Crippen LogP contribution in [0.5, 0.6) is 0 Å². The Morgan fingerprint density at radius 3 is 2.67 bits per heavy atom. The summed E-state index contributed by atoms with van der Waals surface area (Å²) in [5.74, 6) is 0. The molecule has 0 bridgehead atoms. The Labute approximate surface area is 95.6 Å². The van der Waals surface area contributed by atoms with Crippen molar-refractivity contribution < 1.29 is 4.74 Å². The van der Waals surface area contributed by atoms with Crippen molar-refractivity contribution in [3.8, 4) is 0 Å².